The fourth-order valence-electron chi connectivity index (χ4n) is 1.22. The maximum absolute atomic E-state index is 11.1. The van der Waals surface area contributed by atoms with E-state index in [4.69, 9.17) is 5.11 Å². The number of hydrogen-bond donors (Lipinski definition) is 3. The van der Waals surface area contributed by atoms with Crippen molar-refractivity contribution < 1.29 is 14.7 Å². The number of carboxylic acid groups (broad SMARTS) is 1. The number of amides is 1. The summed E-state index contributed by atoms with van der Waals surface area (Å²) in [6.45, 7) is 6.33. The van der Waals surface area contributed by atoms with E-state index in [1.165, 1.54) is 0 Å². The summed E-state index contributed by atoms with van der Waals surface area (Å²) in [6, 6.07) is -0.646. The standard InChI is InChI=1S/C10H20N2O3/c1-4-11-9(13)6-12-8(10(14)15)5-7(2)3/h7-8,12H,4-6H2,1-3H3,(H,11,13)(H,14,15)/t8-/m0/s1. The molecule has 15 heavy (non-hydrogen) atoms. The molecule has 1 atom stereocenters. The number of carbonyl (C=O) groups excluding carboxylic acids is 1. The Hall–Kier alpha value is -1.10. The Morgan fingerprint density at radius 2 is 1.93 bits per heavy atom. The van der Waals surface area contributed by atoms with Gasteiger partial charge in [0.25, 0.3) is 0 Å². The molecule has 0 bridgehead atoms. The molecule has 0 aliphatic rings. The van der Waals surface area contributed by atoms with E-state index in [1.54, 1.807) is 0 Å². The Balaban J connectivity index is 3.96. The van der Waals surface area contributed by atoms with Gasteiger partial charge in [0.1, 0.15) is 6.04 Å². The van der Waals surface area contributed by atoms with Gasteiger partial charge in [-0.3, -0.25) is 14.9 Å². The van der Waals surface area contributed by atoms with Crippen molar-refractivity contribution in [2.45, 2.75) is 33.2 Å². The minimum Gasteiger partial charge on any atom is -0.480 e. The maximum Gasteiger partial charge on any atom is 0.320 e. The van der Waals surface area contributed by atoms with Crippen molar-refractivity contribution in [3.05, 3.63) is 0 Å². The number of rotatable bonds is 7. The summed E-state index contributed by atoms with van der Waals surface area (Å²) in [7, 11) is 0. The number of hydrogen-bond acceptors (Lipinski definition) is 3. The summed E-state index contributed by atoms with van der Waals surface area (Å²) in [5.41, 5.74) is 0. The van der Waals surface area contributed by atoms with Crippen molar-refractivity contribution in [3.8, 4) is 0 Å². The van der Waals surface area contributed by atoms with Crippen molar-refractivity contribution in [2.75, 3.05) is 13.1 Å². The van der Waals surface area contributed by atoms with Gasteiger partial charge >= 0.3 is 5.97 Å². The van der Waals surface area contributed by atoms with E-state index in [1.807, 2.05) is 20.8 Å². The molecule has 0 rings (SSSR count). The molecular formula is C10H20N2O3. The molecule has 0 radical (unpaired) electrons. The van der Waals surface area contributed by atoms with Crippen LogP contribution in [0.25, 0.3) is 0 Å². The van der Waals surface area contributed by atoms with E-state index in [2.05, 4.69) is 10.6 Å². The summed E-state index contributed by atoms with van der Waals surface area (Å²) < 4.78 is 0. The second kappa shape index (κ2) is 7.23. The average molecular weight is 216 g/mol. The van der Waals surface area contributed by atoms with E-state index < -0.39 is 12.0 Å². The van der Waals surface area contributed by atoms with Gasteiger partial charge in [0.15, 0.2) is 0 Å². The van der Waals surface area contributed by atoms with Crippen molar-refractivity contribution in [1.29, 1.82) is 0 Å². The molecule has 0 aromatic rings. The van der Waals surface area contributed by atoms with Crippen LogP contribution in [0.15, 0.2) is 0 Å². The Morgan fingerprint density at radius 3 is 2.33 bits per heavy atom. The molecule has 0 saturated heterocycles. The Bertz CT molecular complexity index is 217. The zero-order valence-corrected chi connectivity index (χ0v) is 9.54. The second-order valence-electron chi connectivity index (χ2n) is 3.85. The summed E-state index contributed by atoms with van der Waals surface area (Å²) in [5.74, 6) is -0.798. The van der Waals surface area contributed by atoms with Crippen molar-refractivity contribution >= 4 is 11.9 Å². The van der Waals surface area contributed by atoms with Gasteiger partial charge in [0, 0.05) is 6.54 Å². The van der Waals surface area contributed by atoms with Crippen LogP contribution < -0.4 is 10.6 Å². The van der Waals surface area contributed by atoms with Crippen LogP contribution in [-0.2, 0) is 9.59 Å². The van der Waals surface area contributed by atoms with Crippen molar-refractivity contribution in [1.82, 2.24) is 10.6 Å². The van der Waals surface area contributed by atoms with Crippen molar-refractivity contribution in [3.63, 3.8) is 0 Å². The lowest BCUT2D eigenvalue weighted by Gasteiger charge is -2.15. The molecule has 0 heterocycles. The first kappa shape index (κ1) is 13.9. The largest absolute Gasteiger partial charge is 0.480 e. The highest BCUT2D eigenvalue weighted by atomic mass is 16.4. The molecule has 0 fully saturated rings. The lowest BCUT2D eigenvalue weighted by molar-refractivity contribution is -0.140. The van der Waals surface area contributed by atoms with Gasteiger partial charge in [-0.2, -0.15) is 0 Å². The van der Waals surface area contributed by atoms with E-state index in [0.29, 0.717) is 13.0 Å². The molecule has 0 aliphatic heterocycles. The lowest BCUT2D eigenvalue weighted by Crippen LogP contribution is -2.43. The SMILES string of the molecule is CCNC(=O)CN[C@@H](CC(C)C)C(=O)O. The Kier molecular flexibility index (Phi) is 6.70. The lowest BCUT2D eigenvalue weighted by atomic mass is 10.0. The van der Waals surface area contributed by atoms with E-state index in [9.17, 15) is 9.59 Å². The van der Waals surface area contributed by atoms with Gasteiger partial charge in [-0.1, -0.05) is 13.8 Å². The van der Waals surface area contributed by atoms with Crippen LogP contribution in [0.2, 0.25) is 0 Å². The van der Waals surface area contributed by atoms with E-state index >= 15 is 0 Å². The van der Waals surface area contributed by atoms with Gasteiger partial charge in [0.05, 0.1) is 6.54 Å². The maximum atomic E-state index is 11.1. The topological polar surface area (TPSA) is 78.4 Å². The number of nitrogens with one attached hydrogen (secondary N) is 2. The highest BCUT2D eigenvalue weighted by Gasteiger charge is 2.18. The Morgan fingerprint density at radius 1 is 1.33 bits per heavy atom. The fraction of sp³-hybridized carbons (Fsp3) is 0.800. The van der Waals surface area contributed by atoms with Gasteiger partial charge in [0.2, 0.25) is 5.91 Å². The Labute approximate surface area is 90.2 Å². The molecule has 0 unspecified atom stereocenters. The number of likely N-dealkylation sites (N-methyl/N-ethyl adjacent to an activating group) is 1. The molecule has 5 heteroatoms. The third-order valence-electron chi connectivity index (χ3n) is 1.89. The zero-order chi connectivity index (χ0) is 11.8. The number of carboxylic acids is 1. The summed E-state index contributed by atoms with van der Waals surface area (Å²) in [4.78, 5) is 21.9. The monoisotopic (exact) mass is 216 g/mol. The van der Waals surface area contributed by atoms with Crippen LogP contribution in [-0.4, -0.2) is 36.1 Å². The molecule has 88 valence electrons. The smallest absolute Gasteiger partial charge is 0.320 e. The minimum atomic E-state index is -0.909. The van der Waals surface area contributed by atoms with Gasteiger partial charge in [-0.25, -0.2) is 0 Å². The first-order valence-corrected chi connectivity index (χ1v) is 5.20. The quantitative estimate of drug-likeness (QED) is 0.568. The molecule has 0 aromatic heterocycles. The van der Waals surface area contributed by atoms with Crippen LogP contribution in [0.3, 0.4) is 0 Å². The molecule has 3 N–H and O–H groups in total. The predicted molar refractivity (Wildman–Crippen MR) is 57.6 cm³/mol. The third kappa shape index (κ3) is 6.90. The third-order valence-corrected chi connectivity index (χ3v) is 1.89. The first-order chi connectivity index (χ1) is 6.97. The van der Waals surface area contributed by atoms with E-state index in [0.717, 1.165) is 0 Å². The van der Waals surface area contributed by atoms with Crippen LogP contribution >= 0.6 is 0 Å². The second-order valence-corrected chi connectivity index (χ2v) is 3.85. The fourth-order valence-corrected chi connectivity index (χ4v) is 1.22. The number of aliphatic carboxylic acids is 1. The molecular weight excluding hydrogens is 196 g/mol. The summed E-state index contributed by atoms with van der Waals surface area (Å²) in [5, 5.41) is 14.2. The van der Waals surface area contributed by atoms with E-state index in [-0.39, 0.29) is 18.4 Å². The highest BCUT2D eigenvalue weighted by molar-refractivity contribution is 5.79. The molecule has 5 nitrogen and oxygen atoms in total. The van der Waals surface area contributed by atoms with Gasteiger partial charge in [-0.15, -0.1) is 0 Å². The molecule has 0 spiro atoms. The zero-order valence-electron chi connectivity index (χ0n) is 9.54. The van der Waals surface area contributed by atoms with Crippen LogP contribution in [0, 0.1) is 5.92 Å². The first-order valence-electron chi connectivity index (χ1n) is 5.20. The molecule has 0 aromatic carbocycles. The summed E-state index contributed by atoms with van der Waals surface area (Å²) >= 11 is 0. The van der Waals surface area contributed by atoms with Crippen LogP contribution in [0.4, 0.5) is 0 Å². The molecule has 1 amide bonds. The molecule has 0 aliphatic carbocycles. The normalized spacial score (nSPS) is 12.5. The highest BCUT2D eigenvalue weighted by Crippen LogP contribution is 2.04. The van der Waals surface area contributed by atoms with Crippen LogP contribution in [0.1, 0.15) is 27.2 Å². The van der Waals surface area contributed by atoms with Gasteiger partial charge in [-0.05, 0) is 19.3 Å². The van der Waals surface area contributed by atoms with Gasteiger partial charge < -0.3 is 10.4 Å². The van der Waals surface area contributed by atoms with Crippen LogP contribution in [0.5, 0.6) is 0 Å². The average Bonchev–Trinajstić information content (AvgIpc) is 2.11. The summed E-state index contributed by atoms with van der Waals surface area (Å²) in [6.07, 6.45) is 0.523. The minimum absolute atomic E-state index is 0.0531. The van der Waals surface area contributed by atoms with Crippen molar-refractivity contribution in [2.24, 2.45) is 5.92 Å². The predicted octanol–water partition coefficient (Wildman–Crippen LogP) is 0.211. The molecule has 0 saturated carbocycles. The number of carbonyl (C=O) groups is 2.